The zero-order valence-corrected chi connectivity index (χ0v) is 14.8. The van der Waals surface area contributed by atoms with Gasteiger partial charge in [-0.1, -0.05) is 12.1 Å². The third-order valence-corrected chi connectivity index (χ3v) is 5.20. The summed E-state index contributed by atoms with van der Waals surface area (Å²) in [5.41, 5.74) is 2.38. The number of hydrogen-bond donors (Lipinski definition) is 2. The molecule has 2 aromatic heterocycles. The van der Waals surface area contributed by atoms with Gasteiger partial charge in [-0.3, -0.25) is 4.98 Å². The lowest BCUT2D eigenvalue weighted by Crippen LogP contribution is -2.40. The summed E-state index contributed by atoms with van der Waals surface area (Å²) in [6.45, 7) is 2.98. The van der Waals surface area contributed by atoms with E-state index in [4.69, 9.17) is 4.74 Å². The third kappa shape index (κ3) is 3.89. The summed E-state index contributed by atoms with van der Waals surface area (Å²) in [6, 6.07) is 12.1. The van der Waals surface area contributed by atoms with Crippen LogP contribution in [0, 0.1) is 0 Å². The summed E-state index contributed by atoms with van der Waals surface area (Å²) < 4.78 is 5.87. The lowest BCUT2D eigenvalue weighted by atomic mass is 9.90. The van der Waals surface area contributed by atoms with Crippen LogP contribution < -0.4 is 4.74 Å². The predicted octanol–water partition coefficient (Wildman–Crippen LogP) is 3.18. The third-order valence-electron chi connectivity index (χ3n) is 5.20. The van der Waals surface area contributed by atoms with Crippen LogP contribution in [-0.2, 0) is 0 Å². The number of aromatic amines is 1. The van der Waals surface area contributed by atoms with E-state index in [0.717, 1.165) is 42.6 Å². The van der Waals surface area contributed by atoms with Crippen LogP contribution in [0.15, 0.2) is 55.0 Å². The molecule has 0 unspecified atom stereocenters. The quantitative estimate of drug-likeness (QED) is 0.716. The van der Waals surface area contributed by atoms with E-state index in [1.165, 1.54) is 5.56 Å². The van der Waals surface area contributed by atoms with Gasteiger partial charge < -0.3 is 19.7 Å². The van der Waals surface area contributed by atoms with Crippen molar-refractivity contribution in [1.82, 2.24) is 14.9 Å². The van der Waals surface area contributed by atoms with E-state index in [9.17, 15) is 5.11 Å². The molecule has 1 aliphatic rings. The number of aliphatic hydroxyl groups is 1. The number of hydrogen-bond acceptors (Lipinski definition) is 4. The predicted molar refractivity (Wildman–Crippen MR) is 102 cm³/mol. The second-order valence-electron chi connectivity index (χ2n) is 7.02. The SMILES string of the molecule is O[C@H](COc1cccc2[nH]ccc12)CN1CCC(c2cccnc2)CC1. The number of benzene rings is 1. The van der Waals surface area contributed by atoms with Crippen molar-refractivity contribution in [2.75, 3.05) is 26.2 Å². The van der Waals surface area contributed by atoms with Gasteiger partial charge in [0.2, 0.25) is 0 Å². The number of nitrogens with one attached hydrogen (secondary N) is 1. The minimum atomic E-state index is -0.487. The Morgan fingerprint density at radius 2 is 2.08 bits per heavy atom. The van der Waals surface area contributed by atoms with Gasteiger partial charge in [-0.15, -0.1) is 0 Å². The number of β-amino-alcohol motifs (C(OH)–C–C–N with tert-alkyl or cyclic N) is 1. The highest BCUT2D eigenvalue weighted by molar-refractivity contribution is 5.85. The summed E-state index contributed by atoms with van der Waals surface area (Å²) >= 11 is 0. The van der Waals surface area contributed by atoms with Crippen molar-refractivity contribution in [3.05, 3.63) is 60.6 Å². The molecule has 1 aliphatic heterocycles. The molecule has 0 saturated carbocycles. The fraction of sp³-hybridized carbons (Fsp3) is 0.381. The molecule has 3 aromatic rings. The van der Waals surface area contributed by atoms with Gasteiger partial charge in [-0.2, -0.15) is 0 Å². The molecule has 0 spiro atoms. The van der Waals surface area contributed by atoms with Crippen LogP contribution in [0.4, 0.5) is 0 Å². The maximum Gasteiger partial charge on any atom is 0.128 e. The van der Waals surface area contributed by atoms with E-state index in [0.29, 0.717) is 19.1 Å². The standard InChI is InChI=1S/C21H25N3O2/c25-18(15-26-21-5-1-4-20-19(21)6-10-23-20)14-24-11-7-16(8-12-24)17-3-2-9-22-13-17/h1-6,9-10,13,16,18,23,25H,7-8,11-12,14-15H2/t18-/m0/s1. The normalized spacial score (nSPS) is 17.4. The van der Waals surface area contributed by atoms with Gasteiger partial charge in [0.05, 0.1) is 0 Å². The minimum Gasteiger partial charge on any atom is -0.490 e. The van der Waals surface area contributed by atoms with E-state index in [2.05, 4.69) is 20.9 Å². The molecule has 136 valence electrons. The van der Waals surface area contributed by atoms with Gasteiger partial charge in [0.25, 0.3) is 0 Å². The number of nitrogens with zero attached hydrogens (tertiary/aromatic N) is 2. The Bertz CT molecular complexity index is 825. The highest BCUT2D eigenvalue weighted by Gasteiger charge is 2.22. The Kier molecular flexibility index (Phi) is 5.18. The first-order chi connectivity index (χ1) is 12.8. The molecule has 0 bridgehead atoms. The minimum absolute atomic E-state index is 0.312. The summed E-state index contributed by atoms with van der Waals surface area (Å²) in [5, 5.41) is 11.4. The second kappa shape index (κ2) is 7.89. The molecule has 4 rings (SSSR count). The smallest absolute Gasteiger partial charge is 0.128 e. The summed E-state index contributed by atoms with van der Waals surface area (Å²) in [4.78, 5) is 9.73. The van der Waals surface area contributed by atoms with Gasteiger partial charge in [-0.25, -0.2) is 0 Å². The van der Waals surface area contributed by atoms with Gasteiger partial charge in [0.1, 0.15) is 18.5 Å². The monoisotopic (exact) mass is 351 g/mol. The maximum absolute atomic E-state index is 10.4. The topological polar surface area (TPSA) is 61.4 Å². The van der Waals surface area contributed by atoms with Gasteiger partial charge in [0.15, 0.2) is 0 Å². The maximum atomic E-state index is 10.4. The number of H-pyrrole nitrogens is 1. The molecule has 0 aliphatic carbocycles. The molecule has 0 amide bonds. The van der Waals surface area contributed by atoms with Crippen molar-refractivity contribution < 1.29 is 9.84 Å². The average molecular weight is 351 g/mol. The number of piperidine rings is 1. The molecule has 1 aromatic carbocycles. The number of aromatic nitrogens is 2. The highest BCUT2D eigenvalue weighted by atomic mass is 16.5. The molecular weight excluding hydrogens is 326 g/mol. The molecule has 5 nitrogen and oxygen atoms in total. The highest BCUT2D eigenvalue weighted by Crippen LogP contribution is 2.27. The molecule has 1 atom stereocenters. The zero-order chi connectivity index (χ0) is 17.8. The molecule has 3 heterocycles. The summed E-state index contributed by atoms with van der Waals surface area (Å²) in [6.07, 6.45) is 7.44. The number of ether oxygens (including phenoxy) is 1. The van der Waals surface area contributed by atoms with Crippen LogP contribution in [0.1, 0.15) is 24.3 Å². The summed E-state index contributed by atoms with van der Waals surface area (Å²) in [5.74, 6) is 1.40. The lowest BCUT2D eigenvalue weighted by Gasteiger charge is -2.33. The Balaban J connectivity index is 1.25. The Morgan fingerprint density at radius 3 is 2.88 bits per heavy atom. The van der Waals surface area contributed by atoms with Crippen LogP contribution >= 0.6 is 0 Å². The fourth-order valence-corrected chi connectivity index (χ4v) is 3.79. The van der Waals surface area contributed by atoms with Crippen LogP contribution in [-0.4, -0.2) is 52.3 Å². The molecule has 5 heteroatoms. The summed E-state index contributed by atoms with van der Waals surface area (Å²) in [7, 11) is 0. The van der Waals surface area contributed by atoms with E-state index in [1.54, 1.807) is 0 Å². The van der Waals surface area contributed by atoms with Gasteiger partial charge >= 0.3 is 0 Å². The van der Waals surface area contributed by atoms with Crippen molar-refractivity contribution in [2.24, 2.45) is 0 Å². The first-order valence-electron chi connectivity index (χ1n) is 9.29. The molecule has 1 fully saturated rings. The largest absolute Gasteiger partial charge is 0.490 e. The van der Waals surface area contributed by atoms with E-state index in [1.807, 2.05) is 48.9 Å². The zero-order valence-electron chi connectivity index (χ0n) is 14.8. The Labute approximate surface area is 153 Å². The molecule has 0 radical (unpaired) electrons. The first-order valence-corrected chi connectivity index (χ1v) is 9.29. The van der Waals surface area contributed by atoms with Crippen LogP contribution in [0.2, 0.25) is 0 Å². The molecular formula is C21H25N3O2. The number of aliphatic hydroxyl groups excluding tert-OH is 1. The first kappa shape index (κ1) is 17.1. The number of rotatable bonds is 6. The van der Waals surface area contributed by atoms with E-state index < -0.39 is 6.10 Å². The molecule has 1 saturated heterocycles. The van der Waals surface area contributed by atoms with Crippen molar-refractivity contribution in [3.63, 3.8) is 0 Å². The Hall–Kier alpha value is -2.37. The number of likely N-dealkylation sites (tertiary alicyclic amines) is 1. The fourth-order valence-electron chi connectivity index (χ4n) is 3.79. The Morgan fingerprint density at radius 1 is 1.19 bits per heavy atom. The van der Waals surface area contributed by atoms with Crippen molar-refractivity contribution in [1.29, 1.82) is 0 Å². The second-order valence-corrected chi connectivity index (χ2v) is 7.02. The number of fused-ring (bicyclic) bond motifs is 1. The van der Waals surface area contributed by atoms with Crippen molar-refractivity contribution in [2.45, 2.75) is 24.9 Å². The molecule has 26 heavy (non-hydrogen) atoms. The molecule has 2 N–H and O–H groups in total. The van der Waals surface area contributed by atoms with Crippen LogP contribution in [0.25, 0.3) is 10.9 Å². The van der Waals surface area contributed by atoms with Crippen molar-refractivity contribution >= 4 is 10.9 Å². The lowest BCUT2D eigenvalue weighted by molar-refractivity contribution is 0.0599. The van der Waals surface area contributed by atoms with Crippen LogP contribution in [0.3, 0.4) is 0 Å². The van der Waals surface area contributed by atoms with Gasteiger partial charge in [0, 0.05) is 36.0 Å². The number of pyridine rings is 1. The van der Waals surface area contributed by atoms with Crippen molar-refractivity contribution in [3.8, 4) is 5.75 Å². The van der Waals surface area contributed by atoms with Gasteiger partial charge in [-0.05, 0) is 61.7 Å². The average Bonchev–Trinajstić information content (AvgIpc) is 3.17. The van der Waals surface area contributed by atoms with E-state index in [-0.39, 0.29) is 0 Å². The van der Waals surface area contributed by atoms with Crippen LogP contribution in [0.5, 0.6) is 5.75 Å². The van der Waals surface area contributed by atoms with E-state index >= 15 is 0 Å².